The van der Waals surface area contributed by atoms with Crippen molar-refractivity contribution in [1.82, 2.24) is 0 Å². The highest BCUT2D eigenvalue weighted by molar-refractivity contribution is 5.88. The van der Waals surface area contributed by atoms with Crippen LogP contribution >= 0.6 is 0 Å². The van der Waals surface area contributed by atoms with Crippen LogP contribution in [0.1, 0.15) is 49.5 Å². The van der Waals surface area contributed by atoms with E-state index in [0.29, 0.717) is 17.5 Å². The van der Waals surface area contributed by atoms with Crippen LogP contribution in [-0.4, -0.2) is 17.1 Å². The van der Waals surface area contributed by atoms with E-state index in [1.165, 1.54) is 0 Å². The molecular formula is C15H23NO2. The Morgan fingerprint density at radius 2 is 1.94 bits per heavy atom. The topological polar surface area (TPSA) is 49.3 Å². The average molecular weight is 249 g/mol. The molecule has 18 heavy (non-hydrogen) atoms. The van der Waals surface area contributed by atoms with Crippen molar-refractivity contribution in [3.63, 3.8) is 0 Å². The molecule has 3 nitrogen and oxygen atoms in total. The largest absolute Gasteiger partial charge is 0.478 e. The van der Waals surface area contributed by atoms with E-state index >= 15 is 0 Å². The molecule has 0 fully saturated rings. The summed E-state index contributed by atoms with van der Waals surface area (Å²) in [5, 5.41) is 12.4. The van der Waals surface area contributed by atoms with Gasteiger partial charge in [0.2, 0.25) is 0 Å². The summed E-state index contributed by atoms with van der Waals surface area (Å²) in [5.74, 6) is -0.235. The number of aryl methyl sites for hydroxylation is 1. The number of carboxylic acids is 1. The molecule has 0 spiro atoms. The van der Waals surface area contributed by atoms with E-state index in [9.17, 15) is 4.79 Å². The molecular weight excluding hydrogens is 226 g/mol. The summed E-state index contributed by atoms with van der Waals surface area (Å²) in [5.41, 5.74) is 2.35. The fourth-order valence-electron chi connectivity index (χ4n) is 2.32. The molecule has 0 heterocycles. The van der Waals surface area contributed by atoms with E-state index in [1.807, 2.05) is 13.0 Å². The monoisotopic (exact) mass is 249 g/mol. The highest BCUT2D eigenvalue weighted by Crippen LogP contribution is 2.21. The maximum Gasteiger partial charge on any atom is 0.335 e. The van der Waals surface area contributed by atoms with Gasteiger partial charge in [-0.3, -0.25) is 0 Å². The van der Waals surface area contributed by atoms with Gasteiger partial charge in [-0.25, -0.2) is 4.79 Å². The fourth-order valence-corrected chi connectivity index (χ4v) is 2.32. The lowest BCUT2D eigenvalue weighted by molar-refractivity contribution is 0.0697. The van der Waals surface area contributed by atoms with E-state index in [2.05, 4.69) is 26.1 Å². The fraction of sp³-hybridized carbons (Fsp3) is 0.533. The molecule has 2 N–H and O–H groups in total. The van der Waals surface area contributed by atoms with Crippen LogP contribution in [0.25, 0.3) is 0 Å². The third kappa shape index (κ3) is 3.49. The van der Waals surface area contributed by atoms with E-state index in [1.54, 1.807) is 12.1 Å². The maximum atomic E-state index is 10.9. The zero-order valence-electron chi connectivity index (χ0n) is 11.7. The van der Waals surface area contributed by atoms with Gasteiger partial charge in [-0.05, 0) is 43.5 Å². The van der Waals surface area contributed by atoms with Crippen molar-refractivity contribution in [2.24, 2.45) is 5.92 Å². The van der Waals surface area contributed by atoms with Crippen molar-refractivity contribution in [1.29, 1.82) is 0 Å². The van der Waals surface area contributed by atoms with Crippen LogP contribution in [0.4, 0.5) is 5.69 Å². The molecule has 0 aromatic heterocycles. The van der Waals surface area contributed by atoms with Crippen LogP contribution in [0.2, 0.25) is 0 Å². The second kappa shape index (κ2) is 6.43. The van der Waals surface area contributed by atoms with Gasteiger partial charge >= 0.3 is 5.97 Å². The number of rotatable bonds is 6. The molecule has 0 amide bonds. The van der Waals surface area contributed by atoms with Gasteiger partial charge < -0.3 is 10.4 Å². The molecule has 1 aromatic carbocycles. The molecule has 0 aliphatic heterocycles. The number of carbonyl (C=O) groups is 1. The van der Waals surface area contributed by atoms with Crippen molar-refractivity contribution >= 4 is 11.7 Å². The van der Waals surface area contributed by atoms with Crippen molar-refractivity contribution in [3.8, 4) is 0 Å². The second-order valence-electron chi connectivity index (χ2n) is 4.84. The molecule has 0 aliphatic carbocycles. The van der Waals surface area contributed by atoms with Gasteiger partial charge in [0.15, 0.2) is 0 Å². The highest BCUT2D eigenvalue weighted by atomic mass is 16.4. The number of hydrogen-bond donors (Lipinski definition) is 2. The Morgan fingerprint density at radius 3 is 2.39 bits per heavy atom. The Bertz CT molecular complexity index is 411. The highest BCUT2D eigenvalue weighted by Gasteiger charge is 2.14. The van der Waals surface area contributed by atoms with Crippen molar-refractivity contribution in [2.45, 2.75) is 46.6 Å². The van der Waals surface area contributed by atoms with Gasteiger partial charge in [0.1, 0.15) is 0 Å². The van der Waals surface area contributed by atoms with Crippen LogP contribution in [0.3, 0.4) is 0 Å². The number of anilines is 1. The zero-order chi connectivity index (χ0) is 13.7. The van der Waals surface area contributed by atoms with Crippen molar-refractivity contribution < 1.29 is 9.90 Å². The van der Waals surface area contributed by atoms with E-state index in [-0.39, 0.29) is 0 Å². The molecule has 0 saturated carbocycles. The van der Waals surface area contributed by atoms with Crippen LogP contribution < -0.4 is 5.32 Å². The van der Waals surface area contributed by atoms with Crippen LogP contribution in [-0.2, 0) is 0 Å². The minimum absolute atomic E-state index is 0.341. The first-order valence-corrected chi connectivity index (χ1v) is 6.60. The van der Waals surface area contributed by atoms with Gasteiger partial charge in [-0.2, -0.15) is 0 Å². The minimum atomic E-state index is -0.877. The standard InChI is InChI=1S/C15H23NO2/c1-5-12(6-2)11(4)16-14-8-7-13(15(17)18)9-10(14)3/h7-9,11-12,16H,5-6H2,1-4H3,(H,17,18). The predicted octanol–water partition coefficient (Wildman–Crippen LogP) is 3.93. The van der Waals surface area contributed by atoms with E-state index < -0.39 is 5.97 Å². The molecule has 0 aliphatic rings. The molecule has 1 atom stereocenters. The third-order valence-corrected chi connectivity index (χ3v) is 3.61. The zero-order valence-corrected chi connectivity index (χ0v) is 11.7. The SMILES string of the molecule is CCC(CC)C(C)Nc1ccc(C(=O)O)cc1C. The number of benzene rings is 1. The lowest BCUT2D eigenvalue weighted by atomic mass is 9.95. The maximum absolute atomic E-state index is 10.9. The molecule has 1 unspecified atom stereocenters. The Labute approximate surface area is 109 Å². The van der Waals surface area contributed by atoms with Crippen LogP contribution in [0.15, 0.2) is 18.2 Å². The molecule has 3 heteroatoms. The summed E-state index contributed by atoms with van der Waals surface area (Å²) in [6.07, 6.45) is 2.30. The summed E-state index contributed by atoms with van der Waals surface area (Å²) in [6.45, 7) is 8.52. The van der Waals surface area contributed by atoms with Gasteiger partial charge in [0, 0.05) is 11.7 Å². The molecule has 0 bridgehead atoms. The Hall–Kier alpha value is -1.51. The Kier molecular flexibility index (Phi) is 5.20. The molecule has 0 saturated heterocycles. The summed E-state index contributed by atoms with van der Waals surface area (Å²) < 4.78 is 0. The number of nitrogens with one attached hydrogen (secondary N) is 1. The van der Waals surface area contributed by atoms with Crippen molar-refractivity contribution in [2.75, 3.05) is 5.32 Å². The second-order valence-corrected chi connectivity index (χ2v) is 4.84. The Morgan fingerprint density at radius 1 is 1.33 bits per heavy atom. The minimum Gasteiger partial charge on any atom is -0.478 e. The first-order valence-electron chi connectivity index (χ1n) is 6.60. The Balaban J connectivity index is 2.82. The lowest BCUT2D eigenvalue weighted by Crippen LogP contribution is -2.25. The van der Waals surface area contributed by atoms with Gasteiger partial charge in [0.05, 0.1) is 5.56 Å². The van der Waals surface area contributed by atoms with Gasteiger partial charge in [-0.15, -0.1) is 0 Å². The molecule has 1 rings (SSSR count). The lowest BCUT2D eigenvalue weighted by Gasteiger charge is -2.24. The molecule has 100 valence electrons. The van der Waals surface area contributed by atoms with E-state index in [4.69, 9.17) is 5.11 Å². The van der Waals surface area contributed by atoms with Gasteiger partial charge in [-0.1, -0.05) is 26.7 Å². The summed E-state index contributed by atoms with van der Waals surface area (Å²) in [7, 11) is 0. The van der Waals surface area contributed by atoms with Crippen LogP contribution in [0, 0.1) is 12.8 Å². The average Bonchev–Trinajstić information content (AvgIpc) is 2.33. The number of carboxylic acid groups (broad SMARTS) is 1. The number of aromatic carboxylic acids is 1. The predicted molar refractivity (Wildman–Crippen MR) is 75.3 cm³/mol. The summed E-state index contributed by atoms with van der Waals surface area (Å²) >= 11 is 0. The smallest absolute Gasteiger partial charge is 0.335 e. The van der Waals surface area contributed by atoms with Crippen molar-refractivity contribution in [3.05, 3.63) is 29.3 Å². The molecule has 0 radical (unpaired) electrons. The summed E-state index contributed by atoms with van der Waals surface area (Å²) in [6, 6.07) is 5.62. The quantitative estimate of drug-likeness (QED) is 0.803. The van der Waals surface area contributed by atoms with E-state index in [0.717, 1.165) is 24.1 Å². The van der Waals surface area contributed by atoms with Crippen LogP contribution in [0.5, 0.6) is 0 Å². The normalized spacial score (nSPS) is 12.5. The third-order valence-electron chi connectivity index (χ3n) is 3.61. The summed E-state index contributed by atoms with van der Waals surface area (Å²) in [4.78, 5) is 10.9. The number of hydrogen-bond acceptors (Lipinski definition) is 2. The molecule has 1 aromatic rings. The first kappa shape index (κ1) is 14.6. The van der Waals surface area contributed by atoms with Gasteiger partial charge in [0.25, 0.3) is 0 Å². The first-order chi connectivity index (χ1) is 8.49.